The number of aryl methyl sites for hydroxylation is 1. The molecule has 178 valence electrons. The van der Waals surface area contributed by atoms with Crippen molar-refractivity contribution in [2.75, 3.05) is 26.8 Å². The van der Waals surface area contributed by atoms with E-state index in [1.807, 2.05) is 43.3 Å². The van der Waals surface area contributed by atoms with Gasteiger partial charge in [0.2, 0.25) is 0 Å². The number of ether oxygens (including phenoxy) is 2. The van der Waals surface area contributed by atoms with Crippen LogP contribution in [0, 0.1) is 17.2 Å². The quantitative estimate of drug-likeness (QED) is 0.568. The molecular formula is C25H28N4O5. The highest BCUT2D eigenvalue weighted by Crippen LogP contribution is 2.30. The molecule has 2 aromatic carbocycles. The topological polar surface area (TPSA) is 133 Å². The van der Waals surface area contributed by atoms with Gasteiger partial charge in [-0.05, 0) is 42.2 Å². The maximum absolute atomic E-state index is 12.5. The molecule has 1 aliphatic rings. The number of oxazole rings is 1. The summed E-state index contributed by atoms with van der Waals surface area (Å²) in [6, 6.07) is 15.5. The molecule has 1 aliphatic heterocycles. The summed E-state index contributed by atoms with van der Waals surface area (Å²) in [5, 5.41) is 13.1. The number of amides is 1. The SMILES string of the molecule is COC1(C)CNCC(C(N)=O)([C@H](C#N)Cc2ccc(-c3ccc4oc(=O)n(C)c4c3)cc2)OC1. The number of carbonyl (C=O) groups excluding carboxylic acids is 1. The number of hydrogen-bond donors (Lipinski definition) is 2. The smallest absolute Gasteiger partial charge is 0.408 e. The summed E-state index contributed by atoms with van der Waals surface area (Å²) in [5.41, 5.74) is 7.65. The van der Waals surface area contributed by atoms with Gasteiger partial charge < -0.3 is 24.9 Å². The van der Waals surface area contributed by atoms with Crippen LogP contribution in [-0.2, 0) is 27.7 Å². The second kappa shape index (κ2) is 9.06. The first-order chi connectivity index (χ1) is 16.2. The van der Waals surface area contributed by atoms with Gasteiger partial charge in [0.05, 0.1) is 24.1 Å². The molecule has 2 unspecified atom stereocenters. The van der Waals surface area contributed by atoms with Crippen molar-refractivity contribution in [1.29, 1.82) is 5.26 Å². The average molecular weight is 465 g/mol. The summed E-state index contributed by atoms with van der Waals surface area (Å²) in [6.45, 7) is 2.60. The third-order valence-corrected chi connectivity index (χ3v) is 6.67. The van der Waals surface area contributed by atoms with Crippen molar-refractivity contribution in [3.05, 3.63) is 58.6 Å². The highest BCUT2D eigenvalue weighted by molar-refractivity contribution is 5.85. The van der Waals surface area contributed by atoms with Gasteiger partial charge in [0.15, 0.2) is 11.2 Å². The van der Waals surface area contributed by atoms with E-state index in [9.17, 15) is 14.9 Å². The number of benzene rings is 2. The minimum atomic E-state index is -1.47. The Balaban J connectivity index is 1.58. The monoisotopic (exact) mass is 464 g/mol. The van der Waals surface area contributed by atoms with Crippen molar-refractivity contribution in [3.8, 4) is 17.2 Å². The maximum Gasteiger partial charge on any atom is 0.419 e. The number of nitrogens with two attached hydrogens (primary N) is 1. The molecule has 9 heteroatoms. The van der Waals surface area contributed by atoms with E-state index in [1.54, 1.807) is 20.2 Å². The molecule has 0 spiro atoms. The van der Waals surface area contributed by atoms with E-state index in [4.69, 9.17) is 19.6 Å². The molecule has 1 saturated heterocycles. The van der Waals surface area contributed by atoms with E-state index >= 15 is 0 Å². The van der Waals surface area contributed by atoms with Crippen LogP contribution >= 0.6 is 0 Å². The van der Waals surface area contributed by atoms with Crippen molar-refractivity contribution in [1.82, 2.24) is 9.88 Å². The summed E-state index contributed by atoms with van der Waals surface area (Å²) < 4.78 is 18.2. The molecule has 0 bridgehead atoms. The first-order valence-corrected chi connectivity index (χ1v) is 11.0. The van der Waals surface area contributed by atoms with Crippen molar-refractivity contribution in [3.63, 3.8) is 0 Å². The van der Waals surface area contributed by atoms with Gasteiger partial charge in [-0.15, -0.1) is 0 Å². The van der Waals surface area contributed by atoms with Gasteiger partial charge in [-0.2, -0.15) is 5.26 Å². The Labute approximate surface area is 197 Å². The predicted octanol–water partition coefficient (Wildman–Crippen LogP) is 1.73. The highest BCUT2D eigenvalue weighted by atomic mass is 16.6. The summed E-state index contributed by atoms with van der Waals surface area (Å²) in [7, 11) is 3.24. The zero-order valence-electron chi connectivity index (χ0n) is 19.5. The van der Waals surface area contributed by atoms with Gasteiger partial charge in [0, 0.05) is 27.2 Å². The molecule has 34 heavy (non-hydrogen) atoms. The summed E-state index contributed by atoms with van der Waals surface area (Å²) in [5.74, 6) is -1.88. The molecule has 3 aromatic rings. The summed E-state index contributed by atoms with van der Waals surface area (Å²) >= 11 is 0. The summed E-state index contributed by atoms with van der Waals surface area (Å²) in [6.07, 6.45) is 0.292. The second-order valence-electron chi connectivity index (χ2n) is 8.99. The molecule has 3 N–H and O–H groups in total. The number of nitrogens with zero attached hydrogens (tertiary/aromatic N) is 2. The minimum absolute atomic E-state index is 0.126. The lowest BCUT2D eigenvalue weighted by Crippen LogP contribution is -2.57. The Hall–Kier alpha value is -3.45. The van der Waals surface area contributed by atoms with Gasteiger partial charge in [0.1, 0.15) is 5.60 Å². The fourth-order valence-corrected chi connectivity index (χ4v) is 4.27. The van der Waals surface area contributed by atoms with E-state index in [0.717, 1.165) is 16.7 Å². The Morgan fingerprint density at radius 3 is 2.62 bits per heavy atom. The zero-order valence-corrected chi connectivity index (χ0v) is 19.5. The number of primary amides is 1. The number of aromatic nitrogens is 1. The van der Waals surface area contributed by atoms with Crippen LogP contribution in [0.15, 0.2) is 51.7 Å². The fourth-order valence-electron chi connectivity index (χ4n) is 4.27. The molecule has 0 aliphatic carbocycles. The van der Waals surface area contributed by atoms with Crippen molar-refractivity contribution < 1.29 is 18.7 Å². The molecule has 1 fully saturated rings. The molecule has 3 atom stereocenters. The first-order valence-electron chi connectivity index (χ1n) is 11.0. The maximum atomic E-state index is 12.5. The highest BCUT2D eigenvalue weighted by Gasteiger charge is 2.49. The minimum Gasteiger partial charge on any atom is -0.408 e. The number of nitriles is 1. The van der Waals surface area contributed by atoms with Gasteiger partial charge in [-0.3, -0.25) is 9.36 Å². The van der Waals surface area contributed by atoms with Crippen molar-refractivity contribution >= 4 is 17.0 Å². The van der Waals surface area contributed by atoms with E-state index in [-0.39, 0.29) is 13.2 Å². The average Bonchev–Trinajstić information content (AvgIpc) is 3.00. The number of nitrogens with one attached hydrogen (secondary N) is 1. The Morgan fingerprint density at radius 2 is 1.97 bits per heavy atom. The zero-order chi connectivity index (χ0) is 24.5. The van der Waals surface area contributed by atoms with Crippen LogP contribution in [0.3, 0.4) is 0 Å². The van der Waals surface area contributed by atoms with Crippen LogP contribution in [0.4, 0.5) is 0 Å². The molecule has 2 heterocycles. The number of fused-ring (bicyclic) bond motifs is 1. The largest absolute Gasteiger partial charge is 0.419 e. The van der Waals surface area contributed by atoms with Gasteiger partial charge >= 0.3 is 5.76 Å². The van der Waals surface area contributed by atoms with Crippen LogP contribution in [0.25, 0.3) is 22.2 Å². The Morgan fingerprint density at radius 1 is 1.26 bits per heavy atom. The van der Waals surface area contributed by atoms with E-state index in [2.05, 4.69) is 11.4 Å². The molecule has 1 amide bonds. The molecular weight excluding hydrogens is 436 g/mol. The van der Waals surface area contributed by atoms with E-state index in [0.29, 0.717) is 24.1 Å². The van der Waals surface area contributed by atoms with Crippen LogP contribution in [0.2, 0.25) is 0 Å². The summed E-state index contributed by atoms with van der Waals surface area (Å²) in [4.78, 5) is 24.3. The molecule has 9 nitrogen and oxygen atoms in total. The van der Waals surface area contributed by atoms with Crippen molar-refractivity contribution in [2.24, 2.45) is 18.7 Å². The number of methoxy groups -OCH3 is 1. The third-order valence-electron chi connectivity index (χ3n) is 6.67. The van der Waals surface area contributed by atoms with Crippen LogP contribution in [-0.4, -0.2) is 48.5 Å². The molecule has 0 radical (unpaired) electrons. The number of rotatable bonds is 6. The van der Waals surface area contributed by atoms with Gasteiger partial charge in [0.25, 0.3) is 5.91 Å². The fraction of sp³-hybridized carbons (Fsp3) is 0.400. The van der Waals surface area contributed by atoms with Crippen LogP contribution in [0.1, 0.15) is 12.5 Å². The number of hydrogen-bond acceptors (Lipinski definition) is 7. The lowest BCUT2D eigenvalue weighted by atomic mass is 9.82. The lowest BCUT2D eigenvalue weighted by molar-refractivity contribution is -0.156. The molecule has 0 saturated carbocycles. The van der Waals surface area contributed by atoms with Gasteiger partial charge in [-0.25, -0.2) is 4.79 Å². The second-order valence-corrected chi connectivity index (χ2v) is 8.99. The third kappa shape index (κ3) is 4.23. The van der Waals surface area contributed by atoms with Crippen LogP contribution < -0.4 is 16.8 Å². The van der Waals surface area contributed by atoms with Crippen molar-refractivity contribution in [2.45, 2.75) is 24.5 Å². The first kappa shape index (κ1) is 23.7. The Bertz CT molecular complexity index is 1310. The van der Waals surface area contributed by atoms with E-state index in [1.165, 1.54) is 4.57 Å². The molecule has 4 rings (SSSR count). The standard InChI is InChI=1S/C25H28N4O5/c1-24(32-3)13-28-14-25(22(27)30,33-15-24)19(12-26)10-16-4-6-17(7-5-16)18-8-9-21-20(11-18)29(2)23(31)34-21/h4-9,11,19,28H,10,13-15H2,1-3H3,(H2,27,30)/t19-,24?,25?/m0/s1. The Kier molecular flexibility index (Phi) is 6.32. The molecule has 1 aromatic heterocycles. The van der Waals surface area contributed by atoms with E-state index < -0.39 is 28.8 Å². The normalized spacial score (nSPS) is 23.8. The van der Waals surface area contributed by atoms with Crippen LogP contribution in [0.5, 0.6) is 0 Å². The predicted molar refractivity (Wildman–Crippen MR) is 126 cm³/mol. The van der Waals surface area contributed by atoms with Gasteiger partial charge in [-0.1, -0.05) is 30.3 Å². The number of carbonyl (C=O) groups is 1. The lowest BCUT2D eigenvalue weighted by Gasteiger charge is -2.34.